The molecular weight excluding hydrogens is 190 g/mol. The number of alkyl halides is 2. The highest BCUT2D eigenvalue weighted by atomic mass is 19.3. The Hall–Kier alpha value is -1.10. The molecule has 0 amide bonds. The minimum atomic E-state index is -2.58. The van der Waals surface area contributed by atoms with Crippen molar-refractivity contribution in [3.63, 3.8) is 0 Å². The molecule has 3 nitrogen and oxygen atoms in total. The summed E-state index contributed by atoms with van der Waals surface area (Å²) in [6.07, 6.45) is 3.45. The molecule has 0 bridgehead atoms. The van der Waals surface area contributed by atoms with Crippen molar-refractivity contribution in [1.82, 2.24) is 4.90 Å². The lowest BCUT2D eigenvalue weighted by Gasteiger charge is -2.44. The van der Waals surface area contributed by atoms with Crippen LogP contribution in [0.2, 0.25) is 0 Å². The second kappa shape index (κ2) is 2.95. The predicted molar refractivity (Wildman–Crippen MR) is 47.2 cm³/mol. The Bertz CT molecular complexity index is 293. The molecule has 1 saturated carbocycles. The van der Waals surface area contributed by atoms with Gasteiger partial charge in [-0.25, -0.2) is 8.78 Å². The van der Waals surface area contributed by atoms with Crippen molar-refractivity contribution in [2.45, 2.75) is 31.0 Å². The Morgan fingerprint density at radius 1 is 1.50 bits per heavy atom. The molecule has 1 aliphatic heterocycles. The van der Waals surface area contributed by atoms with Crippen LogP contribution in [0.25, 0.3) is 0 Å². The zero-order chi connectivity index (χ0) is 10.3. The second-order valence-electron chi connectivity index (χ2n) is 3.75. The molecule has 0 radical (unpaired) electrons. The number of halogens is 2. The first-order chi connectivity index (χ1) is 6.49. The Kier molecular flexibility index (Phi) is 1.99. The molecule has 1 heterocycles. The van der Waals surface area contributed by atoms with Gasteiger partial charge >= 0.3 is 0 Å². The maximum atomic E-state index is 12.6. The first-order valence-corrected chi connectivity index (χ1v) is 4.47. The maximum Gasteiger partial charge on any atom is 0.252 e. The zero-order valence-electron chi connectivity index (χ0n) is 7.53. The lowest BCUT2D eigenvalue weighted by Crippen LogP contribution is -2.53. The molecule has 0 saturated heterocycles. The van der Waals surface area contributed by atoms with E-state index in [1.165, 1.54) is 4.90 Å². The van der Waals surface area contributed by atoms with Crippen LogP contribution in [0.3, 0.4) is 0 Å². The SMILES string of the molecule is NC1=CC=CN(C2CC(F)(F)C2)C1O. The van der Waals surface area contributed by atoms with E-state index in [2.05, 4.69) is 0 Å². The maximum absolute atomic E-state index is 12.6. The lowest BCUT2D eigenvalue weighted by molar-refractivity contribution is -0.136. The third-order valence-corrected chi connectivity index (χ3v) is 2.62. The Morgan fingerprint density at radius 3 is 2.71 bits per heavy atom. The second-order valence-corrected chi connectivity index (χ2v) is 3.75. The first kappa shape index (κ1) is 9.45. The number of rotatable bonds is 1. The standard InChI is InChI=1S/C9H12F2N2O/c10-9(11)4-6(5-9)13-3-1-2-7(12)8(13)14/h1-3,6,8,14H,4-5,12H2. The van der Waals surface area contributed by atoms with Crippen LogP contribution >= 0.6 is 0 Å². The van der Waals surface area contributed by atoms with Gasteiger partial charge in [0.15, 0.2) is 6.23 Å². The summed E-state index contributed by atoms with van der Waals surface area (Å²) < 4.78 is 25.2. The number of allylic oxidation sites excluding steroid dienone is 2. The molecule has 2 rings (SSSR count). The zero-order valence-corrected chi connectivity index (χ0v) is 7.53. The van der Waals surface area contributed by atoms with Crippen molar-refractivity contribution in [1.29, 1.82) is 0 Å². The normalized spacial score (nSPS) is 31.2. The van der Waals surface area contributed by atoms with E-state index in [9.17, 15) is 13.9 Å². The van der Waals surface area contributed by atoms with Crippen molar-refractivity contribution in [3.05, 3.63) is 24.0 Å². The summed E-state index contributed by atoms with van der Waals surface area (Å²) in [4.78, 5) is 1.48. The average molecular weight is 202 g/mol. The Labute approximate surface area is 80.5 Å². The van der Waals surface area contributed by atoms with Gasteiger partial charge in [0.2, 0.25) is 0 Å². The lowest BCUT2D eigenvalue weighted by atomic mass is 9.86. The molecule has 5 heteroatoms. The fourth-order valence-corrected chi connectivity index (χ4v) is 1.76. The summed E-state index contributed by atoms with van der Waals surface area (Å²) in [7, 11) is 0. The van der Waals surface area contributed by atoms with Crippen molar-refractivity contribution < 1.29 is 13.9 Å². The molecule has 0 spiro atoms. The van der Waals surface area contributed by atoms with Crippen LogP contribution in [-0.2, 0) is 0 Å². The highest BCUT2D eigenvalue weighted by Gasteiger charge is 2.48. The average Bonchev–Trinajstić information content (AvgIpc) is 2.06. The number of hydrogen-bond acceptors (Lipinski definition) is 3. The van der Waals surface area contributed by atoms with Crippen molar-refractivity contribution >= 4 is 0 Å². The van der Waals surface area contributed by atoms with Gasteiger partial charge in [-0.05, 0) is 12.2 Å². The summed E-state index contributed by atoms with van der Waals surface area (Å²) in [6.45, 7) is 0. The van der Waals surface area contributed by atoms with Crippen LogP contribution in [0, 0.1) is 0 Å². The Morgan fingerprint density at radius 2 is 2.14 bits per heavy atom. The van der Waals surface area contributed by atoms with Gasteiger partial charge in [-0.1, -0.05) is 0 Å². The third-order valence-electron chi connectivity index (χ3n) is 2.62. The van der Waals surface area contributed by atoms with E-state index in [4.69, 9.17) is 5.73 Å². The van der Waals surface area contributed by atoms with E-state index < -0.39 is 12.2 Å². The van der Waals surface area contributed by atoms with E-state index in [0.29, 0.717) is 5.70 Å². The largest absolute Gasteiger partial charge is 0.398 e. The molecule has 0 aromatic heterocycles. The highest BCUT2D eigenvalue weighted by Crippen LogP contribution is 2.41. The number of hydrogen-bond donors (Lipinski definition) is 2. The van der Waals surface area contributed by atoms with Gasteiger partial charge in [0.05, 0.1) is 5.70 Å². The highest BCUT2D eigenvalue weighted by molar-refractivity contribution is 5.19. The fraction of sp³-hybridized carbons (Fsp3) is 0.556. The number of aliphatic hydroxyl groups excluding tert-OH is 1. The van der Waals surface area contributed by atoms with Crippen molar-refractivity contribution in [3.8, 4) is 0 Å². The summed E-state index contributed by atoms with van der Waals surface area (Å²) in [6, 6.07) is -0.302. The summed E-state index contributed by atoms with van der Waals surface area (Å²) >= 11 is 0. The van der Waals surface area contributed by atoms with Gasteiger partial charge in [-0.15, -0.1) is 0 Å². The topological polar surface area (TPSA) is 49.5 Å². The van der Waals surface area contributed by atoms with Gasteiger partial charge in [0, 0.05) is 25.1 Å². The van der Waals surface area contributed by atoms with Gasteiger partial charge < -0.3 is 15.7 Å². The third kappa shape index (κ3) is 1.48. The molecular formula is C9H12F2N2O. The van der Waals surface area contributed by atoms with Crippen molar-refractivity contribution in [2.75, 3.05) is 0 Å². The van der Waals surface area contributed by atoms with Crippen LogP contribution < -0.4 is 5.73 Å². The van der Waals surface area contributed by atoms with Gasteiger partial charge in [0.25, 0.3) is 5.92 Å². The predicted octanol–water partition coefficient (Wildman–Crippen LogP) is 0.774. The molecule has 1 atom stereocenters. The number of nitrogens with zero attached hydrogens (tertiary/aromatic N) is 1. The van der Waals surface area contributed by atoms with E-state index in [1.807, 2.05) is 0 Å². The minimum absolute atomic E-state index is 0.207. The Balaban J connectivity index is 2.01. The van der Waals surface area contributed by atoms with Gasteiger partial charge in [-0.3, -0.25) is 0 Å². The number of aliphatic hydroxyl groups is 1. The van der Waals surface area contributed by atoms with E-state index >= 15 is 0 Å². The monoisotopic (exact) mass is 202 g/mol. The van der Waals surface area contributed by atoms with E-state index in [0.717, 1.165) is 0 Å². The van der Waals surface area contributed by atoms with Crippen LogP contribution in [-0.4, -0.2) is 28.2 Å². The van der Waals surface area contributed by atoms with Crippen LogP contribution in [0.4, 0.5) is 8.78 Å². The minimum Gasteiger partial charge on any atom is -0.398 e. The molecule has 0 aromatic rings. The summed E-state index contributed by atoms with van der Waals surface area (Å²) in [5.74, 6) is -2.58. The summed E-state index contributed by atoms with van der Waals surface area (Å²) in [5.41, 5.74) is 5.78. The summed E-state index contributed by atoms with van der Waals surface area (Å²) in [5, 5.41) is 9.58. The molecule has 0 aromatic carbocycles. The molecule has 3 N–H and O–H groups in total. The molecule has 1 aliphatic carbocycles. The quantitative estimate of drug-likeness (QED) is 0.660. The molecule has 1 unspecified atom stereocenters. The van der Waals surface area contributed by atoms with Crippen LogP contribution in [0.5, 0.6) is 0 Å². The van der Waals surface area contributed by atoms with Crippen molar-refractivity contribution in [2.24, 2.45) is 5.73 Å². The van der Waals surface area contributed by atoms with Gasteiger partial charge in [0.1, 0.15) is 0 Å². The van der Waals surface area contributed by atoms with E-state index in [1.54, 1.807) is 18.4 Å². The van der Waals surface area contributed by atoms with Gasteiger partial charge in [-0.2, -0.15) is 0 Å². The molecule has 78 valence electrons. The van der Waals surface area contributed by atoms with E-state index in [-0.39, 0.29) is 18.9 Å². The number of nitrogens with two attached hydrogens (primary N) is 1. The smallest absolute Gasteiger partial charge is 0.252 e. The fourth-order valence-electron chi connectivity index (χ4n) is 1.76. The van der Waals surface area contributed by atoms with Crippen LogP contribution in [0.15, 0.2) is 24.0 Å². The first-order valence-electron chi connectivity index (χ1n) is 4.47. The molecule has 2 aliphatic rings. The molecule has 1 fully saturated rings. The molecule has 14 heavy (non-hydrogen) atoms. The van der Waals surface area contributed by atoms with Crippen LogP contribution in [0.1, 0.15) is 12.8 Å².